The highest BCUT2D eigenvalue weighted by atomic mass is 16.4. The topological polar surface area (TPSA) is 86.7 Å². The van der Waals surface area contributed by atoms with Gasteiger partial charge in [-0.25, -0.2) is 4.79 Å². The van der Waals surface area contributed by atoms with E-state index in [1.807, 2.05) is 0 Å². The molecular weight excluding hydrogens is 248 g/mol. The average molecular weight is 268 g/mol. The quantitative estimate of drug-likeness (QED) is 0.757. The maximum Gasteiger partial charge on any atom is 0.326 e. The van der Waals surface area contributed by atoms with Gasteiger partial charge in [-0.3, -0.25) is 9.59 Å². The fourth-order valence-electron chi connectivity index (χ4n) is 2.81. The van der Waals surface area contributed by atoms with Crippen LogP contribution >= 0.6 is 0 Å². The van der Waals surface area contributed by atoms with Crippen molar-refractivity contribution < 1.29 is 19.5 Å². The van der Waals surface area contributed by atoms with Gasteiger partial charge >= 0.3 is 5.97 Å². The molecule has 2 rings (SSSR count). The Morgan fingerprint density at radius 3 is 2.63 bits per heavy atom. The predicted octanol–water partition coefficient (Wildman–Crippen LogP) is 0.368. The summed E-state index contributed by atoms with van der Waals surface area (Å²) >= 11 is 0. The van der Waals surface area contributed by atoms with Gasteiger partial charge in [0, 0.05) is 19.5 Å². The molecule has 2 saturated heterocycles. The fourth-order valence-corrected chi connectivity index (χ4v) is 2.81. The van der Waals surface area contributed by atoms with Crippen LogP contribution in [-0.2, 0) is 14.4 Å². The molecule has 0 spiro atoms. The molecule has 2 fully saturated rings. The number of amides is 2. The van der Waals surface area contributed by atoms with E-state index < -0.39 is 12.0 Å². The molecule has 6 heteroatoms. The van der Waals surface area contributed by atoms with E-state index in [4.69, 9.17) is 0 Å². The van der Waals surface area contributed by atoms with E-state index in [0.717, 1.165) is 19.3 Å². The predicted molar refractivity (Wildman–Crippen MR) is 67.3 cm³/mol. The zero-order valence-corrected chi connectivity index (χ0v) is 10.9. The molecule has 2 aliphatic heterocycles. The average Bonchev–Trinajstić information content (AvgIpc) is 2.64. The number of carbonyl (C=O) groups excluding carboxylic acids is 2. The summed E-state index contributed by atoms with van der Waals surface area (Å²) in [6.45, 7) is 0.848. The second-order valence-electron chi connectivity index (χ2n) is 5.27. The summed E-state index contributed by atoms with van der Waals surface area (Å²) in [5, 5.41) is 11.9. The van der Waals surface area contributed by atoms with Gasteiger partial charge in [0.2, 0.25) is 11.8 Å². The van der Waals surface area contributed by atoms with E-state index in [1.54, 1.807) is 0 Å². The molecule has 2 N–H and O–H groups in total. The normalized spacial score (nSPS) is 28.4. The summed E-state index contributed by atoms with van der Waals surface area (Å²) < 4.78 is 0. The van der Waals surface area contributed by atoms with Crippen molar-refractivity contribution in [2.45, 2.75) is 44.6 Å². The van der Waals surface area contributed by atoms with Crippen LogP contribution in [0, 0.1) is 5.92 Å². The second kappa shape index (κ2) is 6.04. The van der Waals surface area contributed by atoms with E-state index in [9.17, 15) is 19.5 Å². The largest absolute Gasteiger partial charge is 0.480 e. The minimum Gasteiger partial charge on any atom is -0.480 e. The summed E-state index contributed by atoms with van der Waals surface area (Å²) in [5.74, 6) is -1.34. The third kappa shape index (κ3) is 3.24. The van der Waals surface area contributed by atoms with Crippen LogP contribution in [0.15, 0.2) is 0 Å². The second-order valence-corrected chi connectivity index (χ2v) is 5.27. The zero-order chi connectivity index (χ0) is 13.8. The van der Waals surface area contributed by atoms with Crippen molar-refractivity contribution in [1.29, 1.82) is 0 Å². The summed E-state index contributed by atoms with van der Waals surface area (Å²) in [5.41, 5.74) is 0. The lowest BCUT2D eigenvalue weighted by Crippen LogP contribution is -2.50. The van der Waals surface area contributed by atoms with Gasteiger partial charge in [-0.05, 0) is 19.3 Å². The molecule has 0 aromatic heterocycles. The first kappa shape index (κ1) is 13.8. The van der Waals surface area contributed by atoms with E-state index in [-0.39, 0.29) is 17.7 Å². The molecule has 6 nitrogen and oxygen atoms in total. The summed E-state index contributed by atoms with van der Waals surface area (Å²) in [7, 11) is 0. The third-order valence-corrected chi connectivity index (χ3v) is 3.94. The first-order valence-corrected chi connectivity index (χ1v) is 6.89. The lowest BCUT2D eigenvalue weighted by molar-refractivity contribution is -0.152. The molecule has 106 valence electrons. The Balaban J connectivity index is 2.05. The molecule has 0 radical (unpaired) electrons. The van der Waals surface area contributed by atoms with E-state index in [0.29, 0.717) is 32.4 Å². The Kier molecular flexibility index (Phi) is 4.39. The van der Waals surface area contributed by atoms with Crippen LogP contribution < -0.4 is 5.32 Å². The number of nitrogens with zero attached hydrogens (tertiary/aromatic N) is 1. The zero-order valence-electron chi connectivity index (χ0n) is 10.9. The van der Waals surface area contributed by atoms with Crippen LogP contribution in [-0.4, -0.2) is 46.9 Å². The summed E-state index contributed by atoms with van der Waals surface area (Å²) in [6.07, 6.45) is 4.07. The number of piperidine rings is 1. The Morgan fingerprint density at radius 1 is 1.21 bits per heavy atom. The van der Waals surface area contributed by atoms with Crippen molar-refractivity contribution in [3.63, 3.8) is 0 Å². The molecule has 2 amide bonds. The highest BCUT2D eigenvalue weighted by molar-refractivity contribution is 5.87. The van der Waals surface area contributed by atoms with Gasteiger partial charge in [-0.2, -0.15) is 0 Å². The molecule has 2 aliphatic rings. The van der Waals surface area contributed by atoms with Gasteiger partial charge in [0.1, 0.15) is 6.04 Å². The number of aliphatic carboxylic acids is 1. The Bertz CT molecular complexity index is 373. The minimum atomic E-state index is -0.921. The SMILES string of the molecule is O=C1CCC(C(=O)N2CCCCCC2C(=O)O)CN1. The molecule has 19 heavy (non-hydrogen) atoms. The number of carboxylic acids is 1. The van der Waals surface area contributed by atoms with E-state index in [1.165, 1.54) is 4.90 Å². The van der Waals surface area contributed by atoms with Gasteiger partial charge in [-0.1, -0.05) is 12.8 Å². The number of carbonyl (C=O) groups is 3. The van der Waals surface area contributed by atoms with E-state index >= 15 is 0 Å². The van der Waals surface area contributed by atoms with Gasteiger partial charge in [-0.15, -0.1) is 0 Å². The van der Waals surface area contributed by atoms with E-state index in [2.05, 4.69) is 5.32 Å². The lowest BCUT2D eigenvalue weighted by atomic mass is 9.96. The Labute approximate surface area is 112 Å². The first-order chi connectivity index (χ1) is 9.09. The van der Waals surface area contributed by atoms with Crippen molar-refractivity contribution in [1.82, 2.24) is 10.2 Å². The van der Waals surface area contributed by atoms with Crippen LogP contribution in [0.1, 0.15) is 38.5 Å². The van der Waals surface area contributed by atoms with Gasteiger partial charge in [0.05, 0.1) is 5.92 Å². The molecule has 2 heterocycles. The molecule has 0 aromatic rings. The monoisotopic (exact) mass is 268 g/mol. The van der Waals surface area contributed by atoms with Crippen molar-refractivity contribution in [2.24, 2.45) is 5.92 Å². The summed E-state index contributed by atoms with van der Waals surface area (Å²) in [6, 6.07) is -0.701. The maximum absolute atomic E-state index is 12.4. The van der Waals surface area contributed by atoms with Crippen molar-refractivity contribution >= 4 is 17.8 Å². The van der Waals surface area contributed by atoms with Crippen LogP contribution in [0.2, 0.25) is 0 Å². The lowest BCUT2D eigenvalue weighted by Gasteiger charge is -2.32. The third-order valence-electron chi connectivity index (χ3n) is 3.94. The Morgan fingerprint density at radius 2 is 2.00 bits per heavy atom. The number of likely N-dealkylation sites (tertiary alicyclic amines) is 1. The minimum absolute atomic E-state index is 0.0327. The van der Waals surface area contributed by atoms with Crippen LogP contribution in [0.5, 0.6) is 0 Å². The van der Waals surface area contributed by atoms with Crippen molar-refractivity contribution in [2.75, 3.05) is 13.1 Å². The molecule has 0 saturated carbocycles. The van der Waals surface area contributed by atoms with Gasteiger partial charge in [0.15, 0.2) is 0 Å². The smallest absolute Gasteiger partial charge is 0.326 e. The van der Waals surface area contributed by atoms with Gasteiger partial charge in [0.25, 0.3) is 0 Å². The number of rotatable bonds is 2. The number of hydrogen-bond donors (Lipinski definition) is 2. The van der Waals surface area contributed by atoms with Crippen LogP contribution in [0.25, 0.3) is 0 Å². The van der Waals surface area contributed by atoms with Gasteiger partial charge < -0.3 is 15.3 Å². The van der Waals surface area contributed by atoms with Crippen molar-refractivity contribution in [3.8, 4) is 0 Å². The van der Waals surface area contributed by atoms with Crippen molar-refractivity contribution in [3.05, 3.63) is 0 Å². The number of hydrogen-bond acceptors (Lipinski definition) is 3. The molecule has 0 bridgehead atoms. The molecule has 0 aromatic carbocycles. The van der Waals surface area contributed by atoms with Crippen LogP contribution in [0.3, 0.4) is 0 Å². The molecular formula is C13H20N2O4. The highest BCUT2D eigenvalue weighted by Crippen LogP contribution is 2.22. The fraction of sp³-hybridized carbons (Fsp3) is 0.769. The summed E-state index contributed by atoms with van der Waals surface area (Å²) in [4.78, 5) is 36.3. The molecule has 0 aliphatic carbocycles. The number of nitrogens with one attached hydrogen (secondary N) is 1. The van der Waals surface area contributed by atoms with Crippen LogP contribution in [0.4, 0.5) is 0 Å². The first-order valence-electron chi connectivity index (χ1n) is 6.89. The molecule has 2 unspecified atom stereocenters. The Hall–Kier alpha value is -1.59. The number of carboxylic acid groups (broad SMARTS) is 1. The molecule has 2 atom stereocenters. The standard InChI is InChI=1S/C13H20N2O4/c16-11-6-5-9(8-14-11)12(17)15-7-3-1-2-4-10(15)13(18)19/h9-10H,1-8H2,(H,14,16)(H,18,19). The highest BCUT2D eigenvalue weighted by Gasteiger charge is 2.35. The maximum atomic E-state index is 12.4.